The lowest BCUT2D eigenvalue weighted by molar-refractivity contribution is 1.13. The minimum absolute atomic E-state index is 0.732. The summed E-state index contributed by atoms with van der Waals surface area (Å²) < 4.78 is 0.732. The first-order valence-electron chi connectivity index (χ1n) is 4.58. The number of nitrogens with zero attached hydrogens (tertiary/aromatic N) is 3. The first-order valence-corrected chi connectivity index (χ1v) is 5.37. The number of hydrogen-bond acceptors (Lipinski definition) is 3. The van der Waals surface area contributed by atoms with Crippen LogP contribution >= 0.6 is 15.9 Å². The van der Waals surface area contributed by atoms with Gasteiger partial charge in [0.2, 0.25) is 0 Å². The van der Waals surface area contributed by atoms with Gasteiger partial charge in [0, 0.05) is 6.20 Å². The number of hydrogen-bond donors (Lipinski definition) is 0. The highest BCUT2D eigenvalue weighted by Crippen LogP contribution is 2.19. The molecule has 4 heteroatoms. The Morgan fingerprint density at radius 2 is 1.80 bits per heavy atom. The van der Waals surface area contributed by atoms with Gasteiger partial charge in [0.15, 0.2) is 0 Å². The molecule has 0 aromatic carbocycles. The fourth-order valence-corrected chi connectivity index (χ4v) is 1.62. The third-order valence-electron chi connectivity index (χ3n) is 2.08. The molecule has 0 atom stereocenters. The summed E-state index contributed by atoms with van der Waals surface area (Å²) in [7, 11) is 0. The van der Waals surface area contributed by atoms with Gasteiger partial charge in [0.1, 0.15) is 10.3 Å². The monoisotopic (exact) mass is 263 g/mol. The quantitative estimate of drug-likeness (QED) is 0.794. The van der Waals surface area contributed by atoms with Crippen molar-refractivity contribution in [2.75, 3.05) is 0 Å². The normalized spacial score (nSPS) is 10.3. The third-order valence-corrected chi connectivity index (χ3v) is 2.49. The lowest BCUT2D eigenvalue weighted by Gasteiger charge is -2.04. The number of aromatic nitrogens is 3. The molecule has 0 bridgehead atoms. The van der Waals surface area contributed by atoms with E-state index in [-0.39, 0.29) is 0 Å². The van der Waals surface area contributed by atoms with Crippen LogP contribution < -0.4 is 0 Å². The fraction of sp³-hybridized carbons (Fsp3) is 0.182. The molecule has 2 rings (SSSR count). The zero-order valence-electron chi connectivity index (χ0n) is 8.53. The first kappa shape index (κ1) is 10.2. The summed E-state index contributed by atoms with van der Waals surface area (Å²) in [6.45, 7) is 4.05. The van der Waals surface area contributed by atoms with Gasteiger partial charge >= 0.3 is 0 Å². The van der Waals surface area contributed by atoms with Crippen LogP contribution in [0.15, 0.2) is 29.3 Å². The van der Waals surface area contributed by atoms with Crippen molar-refractivity contribution >= 4 is 15.9 Å². The van der Waals surface area contributed by atoms with Gasteiger partial charge in [0.05, 0.1) is 18.1 Å². The summed E-state index contributed by atoms with van der Waals surface area (Å²) in [5.74, 6) is 0. The Labute approximate surface area is 96.7 Å². The zero-order valence-corrected chi connectivity index (χ0v) is 10.1. The summed E-state index contributed by atoms with van der Waals surface area (Å²) >= 11 is 3.25. The molecule has 0 N–H and O–H groups in total. The van der Waals surface area contributed by atoms with Gasteiger partial charge in [0.25, 0.3) is 0 Å². The van der Waals surface area contributed by atoms with Gasteiger partial charge in [-0.05, 0) is 40.9 Å². The lowest BCUT2D eigenvalue weighted by atomic mass is 10.1. The van der Waals surface area contributed by atoms with Crippen molar-refractivity contribution in [1.29, 1.82) is 0 Å². The van der Waals surface area contributed by atoms with Crippen LogP contribution in [0.2, 0.25) is 0 Å². The Bertz CT molecular complexity index is 480. The molecule has 2 heterocycles. The van der Waals surface area contributed by atoms with E-state index in [2.05, 4.69) is 36.9 Å². The minimum atomic E-state index is 0.732. The van der Waals surface area contributed by atoms with E-state index in [4.69, 9.17) is 0 Å². The average molecular weight is 264 g/mol. The van der Waals surface area contributed by atoms with E-state index >= 15 is 0 Å². The van der Waals surface area contributed by atoms with Crippen molar-refractivity contribution in [3.05, 3.63) is 40.4 Å². The van der Waals surface area contributed by atoms with Crippen molar-refractivity contribution in [1.82, 2.24) is 15.0 Å². The van der Waals surface area contributed by atoms with Crippen LogP contribution in [0.1, 0.15) is 11.1 Å². The standard InChI is InChI=1S/C11H10BrN3/c1-7-3-8(2)11(15-4-7)9-5-14-10(12)6-13-9/h3-6H,1-2H3. The molecule has 0 saturated carbocycles. The Morgan fingerprint density at radius 3 is 2.40 bits per heavy atom. The van der Waals surface area contributed by atoms with E-state index in [1.54, 1.807) is 12.4 Å². The van der Waals surface area contributed by atoms with Gasteiger partial charge in [-0.2, -0.15) is 0 Å². The Morgan fingerprint density at radius 1 is 1.00 bits per heavy atom. The molecule has 0 fully saturated rings. The van der Waals surface area contributed by atoms with Gasteiger partial charge in [-0.25, -0.2) is 4.98 Å². The molecule has 0 aliphatic heterocycles. The number of pyridine rings is 1. The molecule has 0 unspecified atom stereocenters. The van der Waals surface area contributed by atoms with Crippen LogP contribution in [0.25, 0.3) is 11.4 Å². The second-order valence-electron chi connectivity index (χ2n) is 3.40. The fourth-order valence-electron chi connectivity index (χ4n) is 1.42. The maximum absolute atomic E-state index is 4.36. The minimum Gasteiger partial charge on any atom is -0.254 e. The van der Waals surface area contributed by atoms with Crippen LogP contribution in [0, 0.1) is 13.8 Å². The lowest BCUT2D eigenvalue weighted by Crippen LogP contribution is -1.93. The van der Waals surface area contributed by atoms with E-state index in [1.807, 2.05) is 20.0 Å². The van der Waals surface area contributed by atoms with Crippen molar-refractivity contribution in [2.45, 2.75) is 13.8 Å². The van der Waals surface area contributed by atoms with Crippen LogP contribution in [0.4, 0.5) is 0 Å². The highest BCUT2D eigenvalue weighted by molar-refractivity contribution is 9.10. The molecule has 0 aliphatic carbocycles. The molecule has 0 amide bonds. The molecule has 3 nitrogen and oxygen atoms in total. The zero-order chi connectivity index (χ0) is 10.8. The predicted octanol–water partition coefficient (Wildman–Crippen LogP) is 2.92. The number of aryl methyl sites for hydroxylation is 2. The molecule has 0 radical (unpaired) electrons. The van der Waals surface area contributed by atoms with Gasteiger partial charge in [-0.3, -0.25) is 9.97 Å². The Balaban J connectivity index is 2.49. The molecule has 76 valence electrons. The molecular weight excluding hydrogens is 254 g/mol. The predicted molar refractivity (Wildman–Crippen MR) is 62.4 cm³/mol. The Kier molecular flexibility index (Phi) is 2.77. The van der Waals surface area contributed by atoms with Crippen molar-refractivity contribution in [3.8, 4) is 11.4 Å². The second-order valence-corrected chi connectivity index (χ2v) is 4.22. The van der Waals surface area contributed by atoms with Crippen molar-refractivity contribution < 1.29 is 0 Å². The number of rotatable bonds is 1. The number of halogens is 1. The average Bonchev–Trinajstić information content (AvgIpc) is 2.20. The summed E-state index contributed by atoms with van der Waals surface area (Å²) in [5, 5.41) is 0. The van der Waals surface area contributed by atoms with Gasteiger partial charge in [-0.1, -0.05) is 6.07 Å². The van der Waals surface area contributed by atoms with E-state index in [1.165, 1.54) is 0 Å². The molecule has 0 saturated heterocycles. The van der Waals surface area contributed by atoms with Gasteiger partial charge in [-0.15, -0.1) is 0 Å². The van der Waals surface area contributed by atoms with Crippen LogP contribution in [0.3, 0.4) is 0 Å². The van der Waals surface area contributed by atoms with E-state index in [0.717, 1.165) is 27.1 Å². The summed E-state index contributed by atoms with van der Waals surface area (Å²) in [6.07, 6.45) is 5.23. The first-order chi connectivity index (χ1) is 7.16. The molecule has 0 aliphatic rings. The third kappa shape index (κ3) is 2.21. The largest absolute Gasteiger partial charge is 0.254 e. The van der Waals surface area contributed by atoms with Crippen molar-refractivity contribution in [2.24, 2.45) is 0 Å². The van der Waals surface area contributed by atoms with Gasteiger partial charge < -0.3 is 0 Å². The van der Waals surface area contributed by atoms with Crippen molar-refractivity contribution in [3.63, 3.8) is 0 Å². The molecular formula is C11H10BrN3. The summed E-state index contributed by atoms with van der Waals surface area (Å²) in [5.41, 5.74) is 3.96. The molecule has 2 aromatic heterocycles. The van der Waals surface area contributed by atoms with Crippen LogP contribution in [-0.2, 0) is 0 Å². The Hall–Kier alpha value is -1.29. The van der Waals surface area contributed by atoms with E-state index in [9.17, 15) is 0 Å². The van der Waals surface area contributed by atoms with E-state index in [0.29, 0.717) is 0 Å². The topological polar surface area (TPSA) is 38.7 Å². The SMILES string of the molecule is Cc1cnc(-c2cnc(Br)cn2)c(C)c1. The molecule has 0 spiro atoms. The smallest absolute Gasteiger partial charge is 0.124 e. The summed E-state index contributed by atoms with van der Waals surface area (Å²) in [4.78, 5) is 12.8. The van der Waals surface area contributed by atoms with Crippen LogP contribution in [0.5, 0.6) is 0 Å². The second kappa shape index (κ2) is 4.06. The maximum atomic E-state index is 4.36. The highest BCUT2D eigenvalue weighted by atomic mass is 79.9. The maximum Gasteiger partial charge on any atom is 0.124 e. The van der Waals surface area contributed by atoms with Crippen LogP contribution in [-0.4, -0.2) is 15.0 Å². The summed E-state index contributed by atoms with van der Waals surface area (Å²) in [6, 6.07) is 2.09. The molecule has 15 heavy (non-hydrogen) atoms. The molecule has 2 aromatic rings. The highest BCUT2D eigenvalue weighted by Gasteiger charge is 2.05. The van der Waals surface area contributed by atoms with E-state index < -0.39 is 0 Å².